The molecule has 0 aliphatic rings. The number of aromatic nitrogens is 2. The molecule has 3 nitrogen and oxygen atoms in total. The number of hydrogen-bond acceptors (Lipinski definition) is 4. The highest BCUT2D eigenvalue weighted by Crippen LogP contribution is 2.30. The van der Waals surface area contributed by atoms with Gasteiger partial charge < -0.3 is 5.73 Å². The monoisotopic (exact) mass is 301 g/mol. The summed E-state index contributed by atoms with van der Waals surface area (Å²) in [6, 6.07) is 16.1. The van der Waals surface area contributed by atoms with Crippen LogP contribution in [0.3, 0.4) is 0 Å². The van der Waals surface area contributed by atoms with Crippen molar-refractivity contribution in [2.24, 2.45) is 0 Å². The van der Waals surface area contributed by atoms with Crippen LogP contribution in [0.25, 0.3) is 10.8 Å². The smallest absolute Gasteiger partial charge is 0.221 e. The average Bonchev–Trinajstić information content (AvgIpc) is 2.45. The van der Waals surface area contributed by atoms with Gasteiger partial charge in [0.1, 0.15) is 5.15 Å². The van der Waals surface area contributed by atoms with Gasteiger partial charge in [-0.15, -0.1) is 0 Å². The minimum atomic E-state index is -0.192. The van der Waals surface area contributed by atoms with Gasteiger partial charge in [0.2, 0.25) is 5.95 Å². The fraction of sp³-hybridized carbons (Fsp3) is 0.0667. The second-order valence-electron chi connectivity index (χ2n) is 4.48. The zero-order valence-electron chi connectivity index (χ0n) is 10.5. The molecule has 20 heavy (non-hydrogen) atoms. The van der Waals surface area contributed by atoms with Crippen molar-refractivity contribution in [3.63, 3.8) is 0 Å². The number of benzene rings is 2. The van der Waals surface area contributed by atoms with Crippen LogP contribution in [0.15, 0.2) is 48.5 Å². The summed E-state index contributed by atoms with van der Waals surface area (Å²) in [5, 5.41) is 2.49. The Labute approximate surface area is 127 Å². The number of hydrogen-bond donors (Lipinski definition) is 2. The van der Waals surface area contributed by atoms with Gasteiger partial charge in [-0.05, 0) is 28.5 Å². The van der Waals surface area contributed by atoms with E-state index in [4.69, 9.17) is 17.3 Å². The van der Waals surface area contributed by atoms with Crippen LogP contribution in [0.1, 0.15) is 16.5 Å². The van der Waals surface area contributed by atoms with E-state index in [0.717, 1.165) is 10.9 Å². The van der Waals surface area contributed by atoms with Crippen LogP contribution >= 0.6 is 24.2 Å². The molecule has 1 atom stereocenters. The minimum Gasteiger partial charge on any atom is -0.368 e. The molecule has 3 rings (SSSR count). The molecule has 2 aromatic carbocycles. The predicted molar refractivity (Wildman–Crippen MR) is 86.2 cm³/mol. The Hall–Kier alpha value is -1.78. The van der Waals surface area contributed by atoms with Crippen molar-refractivity contribution in [2.75, 3.05) is 5.73 Å². The van der Waals surface area contributed by atoms with Crippen molar-refractivity contribution < 1.29 is 0 Å². The Kier molecular flexibility index (Phi) is 3.51. The van der Waals surface area contributed by atoms with Gasteiger partial charge in [0.25, 0.3) is 0 Å². The molecule has 100 valence electrons. The molecule has 0 fully saturated rings. The molecule has 0 spiro atoms. The second-order valence-corrected chi connectivity index (χ2v) is 5.39. The van der Waals surface area contributed by atoms with Gasteiger partial charge in [-0.1, -0.05) is 48.0 Å². The highest BCUT2D eigenvalue weighted by Gasteiger charge is 2.13. The molecule has 1 unspecified atom stereocenters. The SMILES string of the molecule is Nc1nc(Cl)cc(C(S)c2ccc3ccccc3c2)n1. The standard InChI is InChI=1S/C15H12ClN3S/c16-13-8-12(18-15(17)19-13)14(20)11-6-5-9-3-1-2-4-10(9)7-11/h1-8,14,20H,(H2,17,18,19). The summed E-state index contributed by atoms with van der Waals surface area (Å²) >= 11 is 10.5. The lowest BCUT2D eigenvalue weighted by Gasteiger charge is -2.12. The zero-order chi connectivity index (χ0) is 14.1. The van der Waals surface area contributed by atoms with Gasteiger partial charge in [0.15, 0.2) is 0 Å². The first kappa shape index (κ1) is 13.2. The fourth-order valence-corrected chi connectivity index (χ4v) is 2.63. The number of nitrogen functional groups attached to an aromatic ring is 1. The van der Waals surface area contributed by atoms with Gasteiger partial charge in [-0.3, -0.25) is 0 Å². The normalized spacial score (nSPS) is 12.5. The van der Waals surface area contributed by atoms with Gasteiger partial charge in [0, 0.05) is 0 Å². The molecule has 0 aliphatic carbocycles. The van der Waals surface area contributed by atoms with Crippen LogP contribution in [0.5, 0.6) is 0 Å². The summed E-state index contributed by atoms with van der Waals surface area (Å²) in [5.74, 6) is 0.160. The molecule has 0 bridgehead atoms. The number of anilines is 1. The quantitative estimate of drug-likeness (QED) is 0.558. The predicted octanol–water partition coefficient (Wildman–Crippen LogP) is 3.88. The maximum absolute atomic E-state index is 5.91. The topological polar surface area (TPSA) is 51.8 Å². The number of nitrogens with two attached hydrogens (primary N) is 1. The van der Waals surface area contributed by atoms with Gasteiger partial charge in [-0.2, -0.15) is 12.6 Å². The Morgan fingerprint density at radius 2 is 1.75 bits per heavy atom. The first-order valence-corrected chi connectivity index (χ1v) is 6.99. The van der Waals surface area contributed by atoms with Crippen LogP contribution < -0.4 is 5.73 Å². The molecule has 0 aliphatic heterocycles. The lowest BCUT2D eigenvalue weighted by atomic mass is 10.0. The molecule has 0 saturated carbocycles. The van der Waals surface area contributed by atoms with E-state index < -0.39 is 0 Å². The van der Waals surface area contributed by atoms with Crippen LogP contribution in [0.2, 0.25) is 5.15 Å². The Morgan fingerprint density at radius 3 is 2.50 bits per heavy atom. The molecule has 3 aromatic rings. The number of thiol groups is 1. The summed E-state index contributed by atoms with van der Waals surface area (Å²) < 4.78 is 0. The van der Waals surface area contributed by atoms with Crippen molar-refractivity contribution in [2.45, 2.75) is 5.25 Å². The maximum Gasteiger partial charge on any atom is 0.221 e. The third kappa shape index (κ3) is 2.57. The van der Waals surface area contributed by atoms with Crippen molar-refractivity contribution in [1.82, 2.24) is 9.97 Å². The van der Waals surface area contributed by atoms with E-state index in [9.17, 15) is 0 Å². The van der Waals surface area contributed by atoms with Crippen LogP contribution in [0.4, 0.5) is 5.95 Å². The van der Waals surface area contributed by atoms with E-state index in [1.54, 1.807) is 6.07 Å². The zero-order valence-corrected chi connectivity index (χ0v) is 12.1. The number of halogens is 1. The lowest BCUT2D eigenvalue weighted by molar-refractivity contribution is 1.03. The van der Waals surface area contributed by atoms with E-state index in [1.807, 2.05) is 18.2 Å². The Balaban J connectivity index is 2.05. The molecule has 1 heterocycles. The highest BCUT2D eigenvalue weighted by molar-refractivity contribution is 7.80. The van der Waals surface area contributed by atoms with Crippen molar-refractivity contribution in [3.8, 4) is 0 Å². The Bertz CT molecular complexity index is 756. The first-order valence-electron chi connectivity index (χ1n) is 6.10. The lowest BCUT2D eigenvalue weighted by Crippen LogP contribution is -2.02. The second kappa shape index (κ2) is 5.31. The molecule has 0 amide bonds. The third-order valence-electron chi connectivity index (χ3n) is 3.10. The summed E-state index contributed by atoms with van der Waals surface area (Å²) in [4.78, 5) is 8.05. The fourth-order valence-electron chi connectivity index (χ4n) is 2.14. The number of fused-ring (bicyclic) bond motifs is 1. The molecule has 5 heteroatoms. The number of rotatable bonds is 2. The average molecular weight is 302 g/mol. The van der Waals surface area contributed by atoms with E-state index in [2.05, 4.69) is 46.9 Å². The van der Waals surface area contributed by atoms with Crippen molar-refractivity contribution in [3.05, 3.63) is 64.9 Å². The van der Waals surface area contributed by atoms with Crippen LogP contribution in [-0.2, 0) is 0 Å². The number of nitrogens with zero attached hydrogens (tertiary/aromatic N) is 2. The summed E-state index contributed by atoms with van der Waals surface area (Å²) in [6.07, 6.45) is 0. The summed E-state index contributed by atoms with van der Waals surface area (Å²) in [7, 11) is 0. The minimum absolute atomic E-state index is 0.160. The van der Waals surface area contributed by atoms with E-state index in [1.165, 1.54) is 5.39 Å². The summed E-state index contributed by atoms with van der Waals surface area (Å²) in [5.41, 5.74) is 7.36. The summed E-state index contributed by atoms with van der Waals surface area (Å²) in [6.45, 7) is 0. The molecule has 0 radical (unpaired) electrons. The molecular weight excluding hydrogens is 290 g/mol. The van der Waals surface area contributed by atoms with E-state index in [0.29, 0.717) is 10.8 Å². The van der Waals surface area contributed by atoms with Crippen molar-refractivity contribution in [1.29, 1.82) is 0 Å². The Morgan fingerprint density at radius 1 is 1.00 bits per heavy atom. The molecular formula is C15H12ClN3S. The third-order valence-corrected chi connectivity index (χ3v) is 3.86. The molecule has 0 saturated heterocycles. The largest absolute Gasteiger partial charge is 0.368 e. The first-order chi connectivity index (χ1) is 9.63. The van der Waals surface area contributed by atoms with Crippen LogP contribution in [-0.4, -0.2) is 9.97 Å². The molecule has 1 aromatic heterocycles. The maximum atomic E-state index is 5.91. The van der Waals surface area contributed by atoms with Crippen molar-refractivity contribution >= 4 is 41.0 Å². The van der Waals surface area contributed by atoms with Gasteiger partial charge >= 0.3 is 0 Å². The van der Waals surface area contributed by atoms with Gasteiger partial charge in [0.05, 0.1) is 10.9 Å². The van der Waals surface area contributed by atoms with E-state index in [-0.39, 0.29) is 11.2 Å². The van der Waals surface area contributed by atoms with E-state index >= 15 is 0 Å². The van der Waals surface area contributed by atoms with Crippen LogP contribution in [0, 0.1) is 0 Å². The highest BCUT2D eigenvalue weighted by atomic mass is 35.5. The molecule has 2 N–H and O–H groups in total. The van der Waals surface area contributed by atoms with Gasteiger partial charge in [-0.25, -0.2) is 9.97 Å².